The first-order valence-corrected chi connectivity index (χ1v) is 9.09. The van der Waals surface area contributed by atoms with Gasteiger partial charge in [-0.25, -0.2) is 9.63 Å². The predicted octanol–water partition coefficient (Wildman–Crippen LogP) is 0.386. The maximum Gasteiger partial charge on any atom is 0.326 e. The zero-order valence-electron chi connectivity index (χ0n) is 15.9. The molecule has 30 heavy (non-hydrogen) atoms. The highest BCUT2D eigenvalue weighted by Crippen LogP contribution is 2.30. The van der Waals surface area contributed by atoms with E-state index >= 15 is 0 Å². The first-order chi connectivity index (χ1) is 14.4. The largest absolute Gasteiger partial charge is 0.468 e. The summed E-state index contributed by atoms with van der Waals surface area (Å²) in [5, 5.41) is 22.2. The molecule has 11 nitrogen and oxygen atoms in total. The van der Waals surface area contributed by atoms with Gasteiger partial charge in [-0.05, 0) is 24.6 Å². The maximum absolute atomic E-state index is 12.3. The number of nitrogens with one attached hydrogen (secondary N) is 1. The molecule has 11 heteroatoms. The molecule has 0 fully saturated rings. The number of rotatable bonds is 6. The summed E-state index contributed by atoms with van der Waals surface area (Å²) in [5.74, 6) is -0.888. The number of ether oxygens (including phenoxy) is 2. The number of aliphatic hydroxyl groups excluding tert-OH is 2. The van der Waals surface area contributed by atoms with Gasteiger partial charge < -0.3 is 25.0 Å². The third kappa shape index (κ3) is 3.38. The molecule has 0 aromatic heterocycles. The van der Waals surface area contributed by atoms with Crippen LogP contribution >= 0.6 is 0 Å². The third-order valence-electron chi connectivity index (χ3n) is 4.84. The second kappa shape index (κ2) is 7.78. The summed E-state index contributed by atoms with van der Waals surface area (Å²) in [6, 6.07) is 5.77. The molecule has 0 spiro atoms. The van der Waals surface area contributed by atoms with Gasteiger partial charge in [0.1, 0.15) is 12.4 Å². The molecule has 0 aliphatic carbocycles. The topological polar surface area (TPSA) is 138 Å². The predicted molar refractivity (Wildman–Crippen MR) is 97.7 cm³/mol. The molecule has 3 N–H and O–H groups in total. The summed E-state index contributed by atoms with van der Waals surface area (Å²) in [6.45, 7) is 0.666. The highest BCUT2D eigenvalue weighted by Gasteiger charge is 2.38. The van der Waals surface area contributed by atoms with Crippen LogP contribution in [0.1, 0.15) is 34.1 Å². The lowest BCUT2D eigenvalue weighted by Crippen LogP contribution is -2.51. The van der Waals surface area contributed by atoms with E-state index in [0.717, 1.165) is 0 Å². The number of hydrogen-bond acceptors (Lipinski definition) is 8. The van der Waals surface area contributed by atoms with Crippen LogP contribution in [0.5, 0.6) is 0 Å². The fourth-order valence-electron chi connectivity index (χ4n) is 3.27. The van der Waals surface area contributed by atoms with Gasteiger partial charge in [-0.2, -0.15) is 0 Å². The van der Waals surface area contributed by atoms with Gasteiger partial charge >= 0.3 is 6.03 Å². The van der Waals surface area contributed by atoms with E-state index in [1.54, 1.807) is 19.1 Å². The fraction of sp³-hybridized carbons (Fsp3) is 0.316. The van der Waals surface area contributed by atoms with Crippen molar-refractivity contribution in [3.63, 3.8) is 0 Å². The van der Waals surface area contributed by atoms with Gasteiger partial charge in [-0.1, -0.05) is 12.1 Å². The van der Waals surface area contributed by atoms with Crippen molar-refractivity contribution in [1.82, 2.24) is 15.3 Å². The van der Waals surface area contributed by atoms with Crippen LogP contribution in [0.3, 0.4) is 0 Å². The van der Waals surface area contributed by atoms with Crippen LogP contribution in [-0.4, -0.2) is 63.9 Å². The van der Waals surface area contributed by atoms with Crippen LogP contribution in [0.4, 0.5) is 4.79 Å². The van der Waals surface area contributed by atoms with E-state index in [1.807, 2.05) is 0 Å². The first kappa shape index (κ1) is 19.9. The van der Waals surface area contributed by atoms with Gasteiger partial charge in [0, 0.05) is 6.20 Å². The van der Waals surface area contributed by atoms with E-state index in [9.17, 15) is 24.6 Å². The van der Waals surface area contributed by atoms with E-state index in [1.165, 1.54) is 23.2 Å². The number of carbonyl (C=O) groups excluding carboxylic acids is 3. The second-order valence-corrected chi connectivity index (χ2v) is 6.76. The Morgan fingerprint density at radius 2 is 1.87 bits per heavy atom. The molecule has 0 bridgehead atoms. The summed E-state index contributed by atoms with van der Waals surface area (Å²) in [5.41, 5.74) is 0.983. The standard InChI is InChI=1S/C19H19N3O8/c1-10-7-21(19(27)20-16(10)24)15-6-13(14(8-23)30-15)28-9-29-22-17(25)11-4-2-3-5-12(11)18(22)26/h2-5,7,15-16,23-24H,6,8-9H2,1H3,(H,20,27)/t15-,16?/m1/s1. The number of amides is 4. The van der Waals surface area contributed by atoms with Gasteiger partial charge in [0.2, 0.25) is 6.79 Å². The lowest BCUT2D eigenvalue weighted by atomic mass is 10.1. The lowest BCUT2D eigenvalue weighted by molar-refractivity contribution is -0.157. The third-order valence-corrected chi connectivity index (χ3v) is 4.84. The van der Waals surface area contributed by atoms with Crippen molar-refractivity contribution >= 4 is 17.8 Å². The molecule has 1 aromatic carbocycles. The Bertz CT molecular complexity index is 937. The summed E-state index contributed by atoms with van der Waals surface area (Å²) in [7, 11) is 0. The van der Waals surface area contributed by atoms with Crippen molar-refractivity contribution in [1.29, 1.82) is 0 Å². The van der Waals surface area contributed by atoms with E-state index in [-0.39, 0.29) is 29.1 Å². The molecule has 158 valence electrons. The number of fused-ring (bicyclic) bond motifs is 1. The van der Waals surface area contributed by atoms with Gasteiger partial charge in [-0.3, -0.25) is 14.5 Å². The van der Waals surface area contributed by atoms with E-state index < -0.39 is 43.7 Å². The normalized spacial score (nSPS) is 23.4. The Morgan fingerprint density at radius 1 is 1.20 bits per heavy atom. The summed E-state index contributed by atoms with van der Waals surface area (Å²) < 4.78 is 11.0. The van der Waals surface area contributed by atoms with Crippen molar-refractivity contribution in [2.75, 3.05) is 13.4 Å². The fourth-order valence-corrected chi connectivity index (χ4v) is 3.27. The Labute approximate surface area is 170 Å². The molecular weight excluding hydrogens is 398 g/mol. The van der Waals surface area contributed by atoms with Crippen molar-refractivity contribution < 1.29 is 38.9 Å². The number of imide groups is 1. The first-order valence-electron chi connectivity index (χ1n) is 9.09. The minimum atomic E-state index is -1.08. The maximum atomic E-state index is 12.3. The molecule has 2 atom stereocenters. The van der Waals surface area contributed by atoms with Gasteiger partial charge in [-0.15, -0.1) is 5.06 Å². The average molecular weight is 417 g/mol. The summed E-state index contributed by atoms with van der Waals surface area (Å²) in [4.78, 5) is 43.1. The number of hydrogen-bond donors (Lipinski definition) is 3. The lowest BCUT2D eigenvalue weighted by Gasteiger charge is -2.31. The van der Waals surface area contributed by atoms with E-state index in [4.69, 9.17) is 14.3 Å². The monoisotopic (exact) mass is 417 g/mol. The molecule has 3 aliphatic rings. The molecule has 1 aromatic rings. The highest BCUT2D eigenvalue weighted by molar-refractivity contribution is 6.20. The quantitative estimate of drug-likeness (QED) is 0.446. The highest BCUT2D eigenvalue weighted by atomic mass is 16.8. The van der Waals surface area contributed by atoms with Crippen molar-refractivity contribution in [3.8, 4) is 0 Å². The molecule has 0 saturated carbocycles. The van der Waals surface area contributed by atoms with Gasteiger partial charge in [0.15, 0.2) is 18.2 Å². The Kier molecular flexibility index (Phi) is 5.16. The van der Waals surface area contributed by atoms with Crippen LogP contribution in [0, 0.1) is 0 Å². The van der Waals surface area contributed by atoms with Gasteiger partial charge in [0.25, 0.3) is 11.8 Å². The molecule has 4 rings (SSSR count). The number of carbonyl (C=O) groups is 3. The Balaban J connectivity index is 1.38. The number of benzene rings is 1. The van der Waals surface area contributed by atoms with Crippen LogP contribution < -0.4 is 5.32 Å². The SMILES string of the molecule is CC1=CN([C@H]2CC(OCON3C(=O)c4ccccc4C3=O)=C(CO)O2)C(=O)NC1O. The van der Waals surface area contributed by atoms with E-state index in [0.29, 0.717) is 10.6 Å². The van der Waals surface area contributed by atoms with Crippen molar-refractivity contribution in [2.24, 2.45) is 0 Å². The average Bonchev–Trinajstić information content (AvgIpc) is 3.25. The molecular formula is C19H19N3O8. The number of urea groups is 1. The smallest absolute Gasteiger partial charge is 0.326 e. The number of aliphatic hydroxyl groups is 2. The summed E-state index contributed by atoms with van der Waals surface area (Å²) in [6.07, 6.45) is -0.344. The Hall–Kier alpha value is -3.41. The van der Waals surface area contributed by atoms with Crippen LogP contribution in [-0.2, 0) is 14.3 Å². The Morgan fingerprint density at radius 3 is 2.50 bits per heavy atom. The minimum Gasteiger partial charge on any atom is -0.468 e. The molecule has 3 aliphatic heterocycles. The van der Waals surface area contributed by atoms with Crippen molar-refractivity contribution in [3.05, 3.63) is 58.7 Å². The molecule has 4 amide bonds. The minimum absolute atomic E-state index is 0.0919. The number of nitrogens with zero attached hydrogens (tertiary/aromatic N) is 2. The summed E-state index contributed by atoms with van der Waals surface area (Å²) >= 11 is 0. The second-order valence-electron chi connectivity index (χ2n) is 6.76. The number of hydroxylamine groups is 2. The van der Waals surface area contributed by atoms with Crippen LogP contribution in [0.25, 0.3) is 0 Å². The van der Waals surface area contributed by atoms with Crippen molar-refractivity contribution in [2.45, 2.75) is 25.8 Å². The van der Waals surface area contributed by atoms with Gasteiger partial charge in [0.05, 0.1) is 17.5 Å². The zero-order chi connectivity index (χ0) is 21.4. The molecule has 0 radical (unpaired) electrons. The van der Waals surface area contributed by atoms with Crippen LogP contribution in [0.15, 0.2) is 47.6 Å². The zero-order valence-corrected chi connectivity index (χ0v) is 15.9. The molecule has 3 heterocycles. The molecule has 1 unspecified atom stereocenters. The molecule has 0 saturated heterocycles. The van der Waals surface area contributed by atoms with Crippen LogP contribution in [0.2, 0.25) is 0 Å². The van der Waals surface area contributed by atoms with E-state index in [2.05, 4.69) is 5.32 Å².